The van der Waals surface area contributed by atoms with E-state index in [1.165, 1.54) is 0 Å². The molecular formula is C12H18N4O3S. The molecule has 0 radical (unpaired) electrons. The molecule has 1 amide bonds. The quantitative estimate of drug-likeness (QED) is 0.825. The van der Waals surface area contributed by atoms with Crippen molar-refractivity contribution in [1.29, 1.82) is 0 Å². The summed E-state index contributed by atoms with van der Waals surface area (Å²) in [4.78, 5) is 24.6. The Morgan fingerprint density at radius 2 is 2.25 bits per heavy atom. The van der Waals surface area contributed by atoms with Gasteiger partial charge in [-0.15, -0.1) is 0 Å². The van der Waals surface area contributed by atoms with E-state index < -0.39 is 11.9 Å². The SMILES string of the molecule is Cc1nn(C)c(N2CCSCC2CC(=O)O)c1C(N)=O. The van der Waals surface area contributed by atoms with E-state index in [9.17, 15) is 9.59 Å². The van der Waals surface area contributed by atoms with Crippen molar-refractivity contribution in [3.63, 3.8) is 0 Å². The van der Waals surface area contributed by atoms with Crippen LogP contribution in [-0.2, 0) is 11.8 Å². The lowest BCUT2D eigenvalue weighted by Crippen LogP contribution is -2.45. The molecule has 1 saturated heterocycles. The second-order valence-electron chi connectivity index (χ2n) is 4.79. The topological polar surface area (TPSA) is 101 Å². The largest absolute Gasteiger partial charge is 0.481 e. The third kappa shape index (κ3) is 2.74. The van der Waals surface area contributed by atoms with E-state index in [2.05, 4.69) is 5.10 Å². The van der Waals surface area contributed by atoms with Crippen LogP contribution in [-0.4, -0.2) is 50.9 Å². The van der Waals surface area contributed by atoms with E-state index in [-0.39, 0.29) is 12.5 Å². The molecule has 0 bridgehead atoms. The number of nitrogens with zero attached hydrogens (tertiary/aromatic N) is 3. The predicted molar refractivity (Wildman–Crippen MR) is 77.2 cm³/mol. The average molecular weight is 298 g/mol. The highest BCUT2D eigenvalue weighted by Gasteiger charge is 2.31. The van der Waals surface area contributed by atoms with E-state index in [0.717, 1.165) is 5.75 Å². The van der Waals surface area contributed by atoms with Gasteiger partial charge in [0.25, 0.3) is 5.91 Å². The standard InChI is InChI=1S/C12H18N4O3S/c1-7-10(11(13)19)12(15(2)14-7)16-3-4-20-6-8(16)5-9(17)18/h8H,3-6H2,1-2H3,(H2,13,19)(H,17,18). The van der Waals surface area contributed by atoms with Crippen LogP contribution in [0.5, 0.6) is 0 Å². The summed E-state index contributed by atoms with van der Waals surface area (Å²) in [6.45, 7) is 2.41. The van der Waals surface area contributed by atoms with Crippen molar-refractivity contribution in [2.24, 2.45) is 12.8 Å². The summed E-state index contributed by atoms with van der Waals surface area (Å²) in [6.07, 6.45) is 0.0371. The number of carbonyl (C=O) groups excluding carboxylic acids is 1. The van der Waals surface area contributed by atoms with Gasteiger partial charge in [-0.2, -0.15) is 16.9 Å². The summed E-state index contributed by atoms with van der Waals surface area (Å²) in [5.74, 6) is 0.856. The first-order valence-corrected chi connectivity index (χ1v) is 7.47. The van der Waals surface area contributed by atoms with Crippen LogP contribution in [0.3, 0.4) is 0 Å². The monoisotopic (exact) mass is 298 g/mol. The number of thioether (sulfide) groups is 1. The van der Waals surface area contributed by atoms with Crippen molar-refractivity contribution >= 4 is 29.5 Å². The molecule has 0 spiro atoms. The summed E-state index contributed by atoms with van der Waals surface area (Å²) in [5.41, 5.74) is 6.40. The van der Waals surface area contributed by atoms with Crippen LogP contribution in [0.15, 0.2) is 0 Å². The van der Waals surface area contributed by atoms with Gasteiger partial charge in [-0.3, -0.25) is 14.3 Å². The highest BCUT2D eigenvalue weighted by atomic mass is 32.2. The molecule has 1 fully saturated rings. The first kappa shape index (κ1) is 14.7. The van der Waals surface area contributed by atoms with Gasteiger partial charge in [0, 0.05) is 31.1 Å². The minimum Gasteiger partial charge on any atom is -0.481 e. The fourth-order valence-electron chi connectivity index (χ4n) is 2.57. The summed E-state index contributed by atoms with van der Waals surface area (Å²) in [6, 6.07) is -0.154. The van der Waals surface area contributed by atoms with E-state index >= 15 is 0 Å². The Bertz CT molecular complexity index is 543. The van der Waals surface area contributed by atoms with Gasteiger partial charge in [0.05, 0.1) is 12.1 Å². The number of amides is 1. The highest BCUT2D eigenvalue weighted by molar-refractivity contribution is 7.99. The number of nitrogens with two attached hydrogens (primary N) is 1. The maximum Gasteiger partial charge on any atom is 0.305 e. The Morgan fingerprint density at radius 3 is 2.85 bits per heavy atom. The molecule has 2 rings (SSSR count). The number of hydrogen-bond acceptors (Lipinski definition) is 5. The lowest BCUT2D eigenvalue weighted by molar-refractivity contribution is -0.137. The van der Waals surface area contributed by atoms with Crippen molar-refractivity contribution < 1.29 is 14.7 Å². The number of aliphatic carboxylic acids is 1. The van der Waals surface area contributed by atoms with Gasteiger partial charge in [-0.05, 0) is 6.92 Å². The predicted octanol–water partition coefficient (Wildman–Crippen LogP) is 0.224. The molecule has 20 heavy (non-hydrogen) atoms. The van der Waals surface area contributed by atoms with Gasteiger partial charge < -0.3 is 15.7 Å². The second kappa shape index (κ2) is 5.74. The van der Waals surface area contributed by atoms with Gasteiger partial charge in [-0.1, -0.05) is 0 Å². The molecule has 1 aromatic rings. The Kier molecular flexibility index (Phi) is 4.22. The van der Waals surface area contributed by atoms with Gasteiger partial charge >= 0.3 is 5.97 Å². The molecule has 0 aromatic carbocycles. The number of anilines is 1. The van der Waals surface area contributed by atoms with Crippen LogP contribution in [0.2, 0.25) is 0 Å². The van der Waals surface area contributed by atoms with E-state index in [1.807, 2.05) is 4.90 Å². The van der Waals surface area contributed by atoms with Crippen LogP contribution in [0.25, 0.3) is 0 Å². The number of carbonyl (C=O) groups is 2. The zero-order valence-electron chi connectivity index (χ0n) is 11.5. The molecule has 7 nitrogen and oxygen atoms in total. The third-order valence-electron chi connectivity index (χ3n) is 3.35. The summed E-state index contributed by atoms with van der Waals surface area (Å²) in [5, 5.41) is 13.3. The fraction of sp³-hybridized carbons (Fsp3) is 0.583. The van der Waals surface area contributed by atoms with E-state index in [1.54, 1.807) is 30.4 Å². The van der Waals surface area contributed by atoms with Crippen molar-refractivity contribution in [2.75, 3.05) is 23.0 Å². The Labute approximate surface area is 121 Å². The van der Waals surface area contributed by atoms with Gasteiger partial charge in [0.15, 0.2) is 0 Å². The number of aryl methyl sites for hydroxylation is 2. The average Bonchev–Trinajstić information content (AvgIpc) is 2.64. The van der Waals surface area contributed by atoms with Crippen LogP contribution in [0, 0.1) is 6.92 Å². The van der Waals surface area contributed by atoms with Gasteiger partial charge in [0.1, 0.15) is 11.4 Å². The van der Waals surface area contributed by atoms with Crippen molar-refractivity contribution in [3.05, 3.63) is 11.3 Å². The Morgan fingerprint density at radius 1 is 1.55 bits per heavy atom. The molecule has 1 unspecified atom stereocenters. The van der Waals surface area contributed by atoms with Crippen LogP contribution in [0.1, 0.15) is 22.5 Å². The number of hydrogen-bond donors (Lipinski definition) is 2. The number of rotatable bonds is 4. The maximum absolute atomic E-state index is 11.6. The van der Waals surface area contributed by atoms with Gasteiger partial charge in [-0.25, -0.2) is 0 Å². The number of primary amides is 1. The summed E-state index contributed by atoms with van der Waals surface area (Å²) >= 11 is 1.72. The first-order chi connectivity index (χ1) is 9.41. The molecule has 2 heterocycles. The lowest BCUT2D eigenvalue weighted by Gasteiger charge is -2.36. The molecule has 1 aliphatic rings. The molecule has 1 aliphatic heterocycles. The molecule has 1 atom stereocenters. The zero-order valence-corrected chi connectivity index (χ0v) is 12.3. The lowest BCUT2D eigenvalue weighted by atomic mass is 10.1. The normalized spacial score (nSPS) is 19.1. The zero-order chi connectivity index (χ0) is 14.9. The van der Waals surface area contributed by atoms with E-state index in [4.69, 9.17) is 10.8 Å². The van der Waals surface area contributed by atoms with Gasteiger partial charge in [0.2, 0.25) is 0 Å². The minimum absolute atomic E-state index is 0.0371. The Hall–Kier alpha value is -1.70. The number of carboxylic acid groups (broad SMARTS) is 1. The Balaban J connectivity index is 2.42. The van der Waals surface area contributed by atoms with Crippen molar-refractivity contribution in [2.45, 2.75) is 19.4 Å². The smallest absolute Gasteiger partial charge is 0.305 e. The van der Waals surface area contributed by atoms with E-state index in [0.29, 0.717) is 29.4 Å². The third-order valence-corrected chi connectivity index (χ3v) is 4.44. The summed E-state index contributed by atoms with van der Waals surface area (Å²) in [7, 11) is 1.74. The second-order valence-corrected chi connectivity index (χ2v) is 5.94. The minimum atomic E-state index is -0.845. The number of aromatic nitrogens is 2. The number of carboxylic acids is 1. The van der Waals surface area contributed by atoms with Crippen LogP contribution in [0.4, 0.5) is 5.82 Å². The molecule has 110 valence electrons. The molecule has 0 aliphatic carbocycles. The molecule has 8 heteroatoms. The summed E-state index contributed by atoms with van der Waals surface area (Å²) < 4.78 is 1.61. The first-order valence-electron chi connectivity index (χ1n) is 6.31. The fourth-order valence-corrected chi connectivity index (χ4v) is 3.63. The molecule has 1 aromatic heterocycles. The van der Waals surface area contributed by atoms with Crippen LogP contribution < -0.4 is 10.6 Å². The highest BCUT2D eigenvalue weighted by Crippen LogP contribution is 2.29. The van der Waals surface area contributed by atoms with Crippen molar-refractivity contribution in [1.82, 2.24) is 9.78 Å². The van der Waals surface area contributed by atoms with Crippen molar-refractivity contribution in [3.8, 4) is 0 Å². The maximum atomic E-state index is 11.6. The van der Waals surface area contributed by atoms with Crippen LogP contribution >= 0.6 is 11.8 Å². The molecular weight excluding hydrogens is 280 g/mol. The molecule has 3 N–H and O–H groups in total. The molecule has 0 saturated carbocycles.